The molecular weight excluding hydrogens is 1550 g/mol. The first-order valence-electron chi connectivity index (χ1n) is 40.6. The minimum absolute atomic E-state index is 0.0146. The first-order valence-corrected chi connectivity index (χ1v) is 40.6. The smallest absolute Gasteiger partial charge is 0.315 e. The van der Waals surface area contributed by atoms with Gasteiger partial charge in [0.15, 0.2) is 44.0 Å². The molecule has 668 valence electrons. The highest BCUT2D eigenvalue weighted by atomic mass is 16.8. The van der Waals surface area contributed by atoms with E-state index in [1.807, 2.05) is 6.92 Å². The van der Waals surface area contributed by atoms with Crippen molar-refractivity contribution in [3.8, 4) is 0 Å². The highest BCUT2D eigenvalue weighted by Gasteiger charge is 2.71. The number of carbonyl (C=O) groups excluding carboxylic acids is 1. The van der Waals surface area contributed by atoms with Gasteiger partial charge in [-0.1, -0.05) is 53.2 Å². The predicted molar refractivity (Wildman–Crippen MR) is 380 cm³/mol. The Kier molecular flexibility index (Phi) is 27.8. The van der Waals surface area contributed by atoms with Crippen molar-refractivity contribution in [1.82, 2.24) is 0 Å². The number of aliphatic hydroxyl groups is 23. The maximum absolute atomic E-state index is 15.4. The fraction of sp³-hybridized carbons (Fsp3) is 0.961. The van der Waals surface area contributed by atoms with Gasteiger partial charge in [0.1, 0.15) is 171 Å². The van der Waals surface area contributed by atoms with E-state index in [9.17, 15) is 117 Å². The third-order valence-electron chi connectivity index (χ3n) is 29.2. The average molecular weight is 1680 g/mol. The van der Waals surface area contributed by atoms with Crippen molar-refractivity contribution in [3.63, 3.8) is 0 Å². The molecule has 0 aromatic carbocycles. The van der Waals surface area contributed by atoms with E-state index in [2.05, 4.69) is 40.7 Å². The van der Waals surface area contributed by atoms with Crippen LogP contribution in [0.4, 0.5) is 0 Å². The summed E-state index contributed by atoms with van der Waals surface area (Å²) in [6, 6.07) is 0. The number of hydrogen-bond donors (Lipinski definition) is 23. The maximum Gasteiger partial charge on any atom is 0.315 e. The van der Waals surface area contributed by atoms with Crippen LogP contribution in [0.2, 0.25) is 0 Å². The van der Waals surface area contributed by atoms with Crippen LogP contribution >= 0.6 is 0 Å². The van der Waals surface area contributed by atoms with Crippen LogP contribution in [-0.2, 0) is 80.6 Å². The Hall–Kier alpha value is -2.31. The fourth-order valence-corrected chi connectivity index (χ4v) is 21.7. The number of allylic oxidation sites excluding steroid dienone is 2. The van der Waals surface area contributed by atoms with Crippen molar-refractivity contribution in [1.29, 1.82) is 0 Å². The van der Waals surface area contributed by atoms with Crippen molar-refractivity contribution in [2.45, 2.75) is 359 Å². The molecule has 8 aliphatic heterocycles. The van der Waals surface area contributed by atoms with Crippen LogP contribution in [0.15, 0.2) is 11.6 Å². The molecule has 47 unspecified atom stereocenters. The Balaban J connectivity index is 0.646. The van der Waals surface area contributed by atoms with Gasteiger partial charge < -0.3 is 193 Å². The van der Waals surface area contributed by atoms with E-state index in [0.29, 0.717) is 64.2 Å². The largest absolute Gasteiger partial charge is 0.432 e. The van der Waals surface area contributed by atoms with Crippen LogP contribution < -0.4 is 0 Å². The van der Waals surface area contributed by atoms with Crippen LogP contribution in [0.5, 0.6) is 0 Å². The summed E-state index contributed by atoms with van der Waals surface area (Å²) in [4.78, 5) is 15.4. The van der Waals surface area contributed by atoms with Gasteiger partial charge in [-0.05, 0) is 117 Å². The van der Waals surface area contributed by atoms with Gasteiger partial charge in [0.25, 0.3) is 0 Å². The summed E-state index contributed by atoms with van der Waals surface area (Å²) in [5.74, 6) is -1.22. The van der Waals surface area contributed by atoms with Crippen molar-refractivity contribution in [2.24, 2.45) is 50.2 Å². The van der Waals surface area contributed by atoms with Gasteiger partial charge in [-0.3, -0.25) is 4.79 Å². The number of aliphatic hydroxyl groups excluding tert-OH is 23. The van der Waals surface area contributed by atoms with Crippen molar-refractivity contribution >= 4 is 5.97 Å². The van der Waals surface area contributed by atoms with Gasteiger partial charge in [-0.2, -0.15) is 0 Å². The molecule has 40 heteroatoms. The standard InChI is InChI=1S/C76H124O40/c1-27-40(82)46(88)52(94)64(104-27)112-58-33(21-78)107-62(55(97)49(58)91)102-24-35-44(86)48(90)54(96)67(110-35)116-70(100)76-17-15-71(3,4)19-30(76)29-9-10-38-72(5)13-12-39(73(6,26-80)37(72)11-14-75(38,8)74(29,7)16-18-76)111-69-61(42(84)31(81)23-101-69)115-68-57(99)60(41(83)28(2)105-68)114-63-51(93)45(87)36(25-103-63)109-65-56(98)50(92)59(34(22-79)108-65)113-66-53(95)47(89)43(85)32(20-77)106-66/h9,27-28,30-69,77-99H,10-26H2,1-8H3. The zero-order valence-corrected chi connectivity index (χ0v) is 66.1. The highest BCUT2D eigenvalue weighted by Crippen LogP contribution is 2.76. The minimum atomic E-state index is -2.04. The molecule has 8 heterocycles. The third-order valence-corrected chi connectivity index (χ3v) is 29.2. The van der Waals surface area contributed by atoms with E-state index in [-0.39, 0.29) is 29.8 Å². The molecule has 40 nitrogen and oxygen atoms in total. The monoisotopic (exact) mass is 1680 g/mol. The normalized spacial score (nSPS) is 55.1. The molecule has 4 saturated carbocycles. The Morgan fingerprint density at radius 2 is 0.922 bits per heavy atom. The fourth-order valence-electron chi connectivity index (χ4n) is 21.7. The summed E-state index contributed by atoms with van der Waals surface area (Å²) in [6.07, 6.45) is -58.5. The predicted octanol–water partition coefficient (Wildman–Crippen LogP) is -8.43. The average Bonchev–Trinajstić information content (AvgIpc) is 0.673. The first kappa shape index (κ1) is 91.4. The summed E-state index contributed by atoms with van der Waals surface area (Å²) in [7, 11) is 0. The van der Waals surface area contributed by atoms with Crippen LogP contribution in [0.25, 0.3) is 0 Å². The molecule has 116 heavy (non-hydrogen) atoms. The minimum Gasteiger partial charge on any atom is -0.432 e. The molecular formula is C76H124O40. The van der Waals surface area contributed by atoms with Gasteiger partial charge in [0.2, 0.25) is 6.29 Å². The van der Waals surface area contributed by atoms with Crippen LogP contribution in [-0.4, -0.2) is 409 Å². The van der Waals surface area contributed by atoms with Gasteiger partial charge in [-0.15, -0.1) is 0 Å². The Morgan fingerprint density at radius 1 is 0.422 bits per heavy atom. The Labute approximate surface area is 669 Å². The third kappa shape index (κ3) is 16.2. The SMILES string of the molecule is CC1OC(OC2C(CO)OC(OCC3OC(OC(=O)C45CCC(C)(C)CC4C4=CCC6C7(C)CCC(OC8OCC(O)C(O)C8OC8OC(C)C(O)C(OC9OCC(OC%10OC(CO)C(OC%11OC(CO)C(O)C(O)C%11O)C(O)C%10O)C(O)C9O)C8O)C(C)(CO)C7CCC6(C)C4(C)CC5)C(O)C(O)C3O)C(O)C2O)C(O)C(O)C1O. The summed E-state index contributed by atoms with van der Waals surface area (Å²) in [6.45, 7) is 11.3. The maximum atomic E-state index is 15.4. The molecule has 0 aromatic rings. The van der Waals surface area contributed by atoms with Crippen molar-refractivity contribution < 1.29 is 198 Å². The second-order valence-corrected chi connectivity index (χ2v) is 36.5. The topological polar surface area (TPSA) is 630 Å². The van der Waals surface area contributed by atoms with Crippen LogP contribution in [0.3, 0.4) is 0 Å². The van der Waals surface area contributed by atoms with Crippen LogP contribution in [0.1, 0.15) is 120 Å². The lowest BCUT2D eigenvalue weighted by atomic mass is 9.33. The number of rotatable bonds is 21. The molecule has 0 radical (unpaired) electrons. The summed E-state index contributed by atoms with van der Waals surface area (Å²) in [5.41, 5.74) is -2.60. The molecule has 8 saturated heterocycles. The summed E-state index contributed by atoms with van der Waals surface area (Å²) >= 11 is 0. The molecule has 12 fully saturated rings. The molecule has 0 amide bonds. The van der Waals surface area contributed by atoms with Crippen LogP contribution in [0, 0.1) is 50.2 Å². The number of carbonyl (C=O) groups is 1. The summed E-state index contributed by atoms with van der Waals surface area (Å²) < 4.78 is 94.6. The lowest BCUT2D eigenvalue weighted by Crippen LogP contribution is -2.67. The Bertz CT molecular complexity index is 3310. The lowest BCUT2D eigenvalue weighted by molar-refractivity contribution is -0.386. The van der Waals surface area contributed by atoms with E-state index in [1.165, 1.54) is 13.8 Å². The second-order valence-electron chi connectivity index (χ2n) is 36.5. The van der Waals surface area contributed by atoms with Crippen molar-refractivity contribution in [3.05, 3.63) is 11.6 Å². The number of ether oxygens (including phenoxy) is 16. The molecule has 47 atom stereocenters. The van der Waals surface area contributed by atoms with E-state index >= 15 is 4.79 Å². The molecule has 13 aliphatic rings. The Morgan fingerprint density at radius 3 is 1.55 bits per heavy atom. The molecule has 5 aliphatic carbocycles. The van der Waals surface area contributed by atoms with E-state index in [0.717, 1.165) is 5.57 Å². The zero-order valence-electron chi connectivity index (χ0n) is 66.1. The van der Waals surface area contributed by atoms with Gasteiger partial charge in [0, 0.05) is 5.41 Å². The number of fused-ring (bicyclic) bond motifs is 7. The van der Waals surface area contributed by atoms with Gasteiger partial charge in [0.05, 0.1) is 70.0 Å². The molecule has 0 aromatic heterocycles. The zero-order chi connectivity index (χ0) is 84.4. The molecule has 0 spiro atoms. The summed E-state index contributed by atoms with van der Waals surface area (Å²) in [5, 5.41) is 252. The number of hydrogen-bond acceptors (Lipinski definition) is 40. The van der Waals surface area contributed by atoms with E-state index in [4.69, 9.17) is 75.8 Å². The van der Waals surface area contributed by atoms with Gasteiger partial charge in [-0.25, -0.2) is 0 Å². The first-order chi connectivity index (χ1) is 54.6. The lowest BCUT2D eigenvalue weighted by Gasteiger charge is -2.71. The van der Waals surface area contributed by atoms with Crippen molar-refractivity contribution in [2.75, 3.05) is 46.2 Å². The highest BCUT2D eigenvalue weighted by molar-refractivity contribution is 5.79. The number of esters is 1. The molecule has 13 rings (SSSR count). The molecule has 23 N–H and O–H groups in total. The molecule has 0 bridgehead atoms. The van der Waals surface area contributed by atoms with E-state index in [1.54, 1.807) is 0 Å². The quantitative estimate of drug-likeness (QED) is 0.0288. The second kappa shape index (κ2) is 35.3. The van der Waals surface area contributed by atoms with Gasteiger partial charge >= 0.3 is 5.97 Å². The van der Waals surface area contributed by atoms with E-state index < -0.39 is 312 Å².